The number of fused-ring (bicyclic) bond motifs is 5. The highest BCUT2D eigenvalue weighted by atomic mass is 32.1. The Bertz CT molecular complexity index is 266. The van der Waals surface area contributed by atoms with Gasteiger partial charge >= 0.3 is 0 Å². The molecular weight excluding hydrogens is 212 g/mol. The van der Waals surface area contributed by atoms with Crippen LogP contribution in [-0.4, -0.2) is 10.5 Å². The highest BCUT2D eigenvalue weighted by Crippen LogP contribution is 2.59. The summed E-state index contributed by atoms with van der Waals surface area (Å²) in [6.07, 6.45) is 7.41. The molecule has 0 radical (unpaired) electrons. The number of hydrogen-bond acceptors (Lipinski definition) is 2. The molecule has 14 heavy (non-hydrogen) atoms. The topological polar surface area (TPSA) is 9.23 Å². The quantitative estimate of drug-likeness (QED) is 0.545. The number of ether oxygens (including phenoxy) is 1. The molecule has 0 unspecified atom stereocenters. The first-order chi connectivity index (χ1) is 6.75. The minimum Gasteiger partial charge on any atom is -0.475 e. The molecule has 0 amide bonds. The molecule has 78 valence electrons. The SMILES string of the molecule is S=C(S)O[C@@H]1C[C@H]2C[C@H]1[C@H]1CCC[C@@H]21. The van der Waals surface area contributed by atoms with E-state index >= 15 is 0 Å². The van der Waals surface area contributed by atoms with Crippen LogP contribution in [0.1, 0.15) is 32.1 Å². The van der Waals surface area contributed by atoms with E-state index in [-0.39, 0.29) is 0 Å². The molecule has 5 atom stereocenters. The van der Waals surface area contributed by atoms with Crippen molar-refractivity contribution in [2.75, 3.05) is 0 Å². The molecule has 3 rings (SSSR count). The van der Waals surface area contributed by atoms with Crippen molar-refractivity contribution in [1.82, 2.24) is 0 Å². The van der Waals surface area contributed by atoms with Gasteiger partial charge in [-0.05, 0) is 61.6 Å². The van der Waals surface area contributed by atoms with Crippen molar-refractivity contribution in [2.24, 2.45) is 23.7 Å². The summed E-state index contributed by atoms with van der Waals surface area (Å²) < 4.78 is 6.09. The second-order valence-electron chi connectivity index (χ2n) is 5.08. The summed E-state index contributed by atoms with van der Waals surface area (Å²) in [6.45, 7) is 0. The highest BCUT2D eigenvalue weighted by Gasteiger charge is 2.54. The maximum atomic E-state index is 5.65. The van der Waals surface area contributed by atoms with Gasteiger partial charge in [-0.25, -0.2) is 0 Å². The molecule has 3 fully saturated rings. The number of thiol groups is 1. The van der Waals surface area contributed by atoms with E-state index in [1.165, 1.54) is 32.1 Å². The second kappa shape index (κ2) is 3.38. The smallest absolute Gasteiger partial charge is 0.217 e. The van der Waals surface area contributed by atoms with Crippen molar-refractivity contribution in [3.8, 4) is 0 Å². The molecule has 0 aliphatic heterocycles. The molecule has 0 aromatic heterocycles. The Morgan fingerprint density at radius 2 is 1.93 bits per heavy atom. The Kier molecular flexibility index (Phi) is 2.28. The highest BCUT2D eigenvalue weighted by molar-refractivity contribution is 8.10. The lowest BCUT2D eigenvalue weighted by atomic mass is 9.80. The summed E-state index contributed by atoms with van der Waals surface area (Å²) in [7, 11) is 0. The van der Waals surface area contributed by atoms with Crippen LogP contribution in [0.15, 0.2) is 0 Å². The van der Waals surface area contributed by atoms with Gasteiger partial charge in [0.1, 0.15) is 6.10 Å². The molecule has 3 heteroatoms. The maximum Gasteiger partial charge on any atom is 0.217 e. The van der Waals surface area contributed by atoms with Gasteiger partial charge in [-0.1, -0.05) is 19.0 Å². The summed E-state index contributed by atoms with van der Waals surface area (Å²) in [6, 6.07) is 0. The molecule has 0 saturated heterocycles. The van der Waals surface area contributed by atoms with Crippen LogP contribution in [0.25, 0.3) is 0 Å². The third-order valence-corrected chi connectivity index (χ3v) is 4.82. The maximum absolute atomic E-state index is 5.65. The number of rotatable bonds is 1. The Morgan fingerprint density at radius 3 is 2.71 bits per heavy atom. The largest absolute Gasteiger partial charge is 0.475 e. The fourth-order valence-electron chi connectivity index (χ4n) is 4.27. The van der Waals surface area contributed by atoms with Gasteiger partial charge in [0.05, 0.1) is 0 Å². The van der Waals surface area contributed by atoms with Gasteiger partial charge in [0.25, 0.3) is 0 Å². The molecule has 3 aliphatic rings. The standard InChI is InChI=1S/C11H16OS2/c13-11(14)12-10-5-6-4-9(10)8-3-1-2-7(6)8/h6-10H,1-5H2,(H,13,14)/t6-,7+,8+,9+,10-/m1/s1. The Hall–Kier alpha value is 0.240. The first kappa shape index (κ1) is 9.46. The normalized spacial score (nSPS) is 49.4. The zero-order chi connectivity index (χ0) is 9.71. The molecule has 0 N–H and O–H groups in total. The lowest BCUT2D eigenvalue weighted by Crippen LogP contribution is -2.30. The third kappa shape index (κ3) is 1.32. The minimum atomic E-state index is 0.407. The Labute approximate surface area is 96.0 Å². The van der Waals surface area contributed by atoms with Gasteiger partial charge in [0.15, 0.2) is 0 Å². The van der Waals surface area contributed by atoms with Crippen LogP contribution in [0.3, 0.4) is 0 Å². The van der Waals surface area contributed by atoms with E-state index in [1.54, 1.807) is 0 Å². The molecule has 1 nitrogen and oxygen atoms in total. The van der Waals surface area contributed by atoms with E-state index < -0.39 is 0 Å². The van der Waals surface area contributed by atoms with E-state index in [0.29, 0.717) is 10.5 Å². The first-order valence-corrected chi connectivity index (χ1v) is 6.51. The van der Waals surface area contributed by atoms with Crippen LogP contribution in [0.5, 0.6) is 0 Å². The summed E-state index contributed by atoms with van der Waals surface area (Å²) in [5.41, 5.74) is 0. The fraction of sp³-hybridized carbons (Fsp3) is 0.909. The van der Waals surface area contributed by atoms with Crippen molar-refractivity contribution in [3.05, 3.63) is 0 Å². The van der Waals surface area contributed by atoms with Gasteiger partial charge < -0.3 is 4.74 Å². The molecule has 3 aliphatic carbocycles. The molecule has 3 saturated carbocycles. The lowest BCUT2D eigenvalue weighted by Gasteiger charge is -2.31. The molecule has 0 aromatic carbocycles. The fourth-order valence-corrected chi connectivity index (χ4v) is 4.53. The average Bonchev–Trinajstić information content (AvgIpc) is 2.68. The van der Waals surface area contributed by atoms with Crippen molar-refractivity contribution in [3.63, 3.8) is 0 Å². The number of hydrogen-bond donors (Lipinski definition) is 1. The number of thiocarbonyl (C=S) groups is 1. The monoisotopic (exact) mass is 228 g/mol. The Morgan fingerprint density at radius 1 is 1.14 bits per heavy atom. The van der Waals surface area contributed by atoms with Crippen LogP contribution in [0.2, 0.25) is 0 Å². The lowest BCUT2D eigenvalue weighted by molar-refractivity contribution is 0.0814. The molecule has 2 bridgehead atoms. The Balaban J connectivity index is 1.73. The van der Waals surface area contributed by atoms with E-state index in [0.717, 1.165) is 23.7 Å². The van der Waals surface area contributed by atoms with Crippen LogP contribution in [-0.2, 0) is 4.74 Å². The van der Waals surface area contributed by atoms with Gasteiger partial charge in [-0.15, -0.1) is 0 Å². The third-order valence-electron chi connectivity index (χ3n) is 4.62. The van der Waals surface area contributed by atoms with Gasteiger partial charge in [-0.3, -0.25) is 0 Å². The zero-order valence-corrected chi connectivity index (χ0v) is 9.90. The van der Waals surface area contributed by atoms with Crippen molar-refractivity contribution >= 4 is 29.2 Å². The van der Waals surface area contributed by atoms with E-state index in [9.17, 15) is 0 Å². The van der Waals surface area contributed by atoms with E-state index in [2.05, 4.69) is 12.6 Å². The minimum absolute atomic E-state index is 0.407. The predicted octanol–water partition coefficient (Wildman–Crippen LogP) is 3.04. The van der Waals surface area contributed by atoms with Gasteiger partial charge in [0.2, 0.25) is 4.38 Å². The first-order valence-electron chi connectivity index (χ1n) is 5.65. The van der Waals surface area contributed by atoms with Crippen LogP contribution >= 0.6 is 24.8 Å². The van der Waals surface area contributed by atoms with Gasteiger partial charge in [0, 0.05) is 0 Å². The van der Waals surface area contributed by atoms with Crippen LogP contribution in [0, 0.1) is 23.7 Å². The van der Waals surface area contributed by atoms with Crippen LogP contribution < -0.4 is 0 Å². The molecule has 0 aromatic rings. The molecule has 0 spiro atoms. The summed E-state index contributed by atoms with van der Waals surface area (Å²) in [5.74, 6) is 3.74. The predicted molar refractivity (Wildman–Crippen MR) is 63.5 cm³/mol. The molecule has 0 heterocycles. The van der Waals surface area contributed by atoms with Crippen LogP contribution in [0.4, 0.5) is 0 Å². The summed E-state index contributed by atoms with van der Waals surface area (Å²) in [4.78, 5) is 0. The van der Waals surface area contributed by atoms with Crippen molar-refractivity contribution < 1.29 is 4.74 Å². The second-order valence-corrected chi connectivity index (χ2v) is 6.16. The van der Waals surface area contributed by atoms with E-state index in [4.69, 9.17) is 17.0 Å². The zero-order valence-electron chi connectivity index (χ0n) is 8.19. The summed E-state index contributed by atoms with van der Waals surface area (Å²) in [5, 5.41) is 0. The average molecular weight is 228 g/mol. The van der Waals surface area contributed by atoms with Gasteiger partial charge in [-0.2, -0.15) is 0 Å². The van der Waals surface area contributed by atoms with Crippen molar-refractivity contribution in [1.29, 1.82) is 0 Å². The van der Waals surface area contributed by atoms with Crippen molar-refractivity contribution in [2.45, 2.75) is 38.2 Å². The molecular formula is C11H16OS2. The summed E-state index contributed by atoms with van der Waals surface area (Å²) >= 11 is 8.98. The van der Waals surface area contributed by atoms with E-state index in [1.807, 2.05) is 0 Å².